The highest BCUT2D eigenvalue weighted by molar-refractivity contribution is 9.13. The van der Waals surface area contributed by atoms with E-state index in [9.17, 15) is 0 Å². The first kappa shape index (κ1) is 17.7. The minimum atomic E-state index is 0.499. The zero-order valence-electron chi connectivity index (χ0n) is 12.1. The molecule has 2 unspecified atom stereocenters. The number of hydrogen-bond donors (Lipinski definition) is 1. The van der Waals surface area contributed by atoms with E-state index in [-0.39, 0.29) is 0 Å². The second-order valence-electron chi connectivity index (χ2n) is 5.03. The largest absolute Gasteiger partial charge is 0.310 e. The van der Waals surface area contributed by atoms with Gasteiger partial charge in [0.25, 0.3) is 0 Å². The number of unbranched alkanes of at least 4 members (excludes halogenated alkanes) is 1. The molecule has 0 radical (unpaired) electrons. The number of halogens is 2. The van der Waals surface area contributed by atoms with Crippen LogP contribution in [0.1, 0.15) is 63.8 Å². The fraction of sp³-hybridized carbons (Fsp3) is 0.733. The van der Waals surface area contributed by atoms with Crippen LogP contribution >= 0.6 is 43.2 Å². The Bertz CT molecular complexity index is 346. The lowest BCUT2D eigenvalue weighted by Crippen LogP contribution is -2.22. The topological polar surface area (TPSA) is 12.0 Å². The van der Waals surface area contributed by atoms with E-state index in [0.717, 1.165) is 12.5 Å². The Hall–Kier alpha value is 0.620. The molecule has 0 aliphatic heterocycles. The summed E-state index contributed by atoms with van der Waals surface area (Å²) in [5, 5.41) is 3.65. The predicted molar refractivity (Wildman–Crippen MR) is 94.1 cm³/mol. The molecule has 1 N–H and O–H groups in total. The molecule has 0 fully saturated rings. The van der Waals surface area contributed by atoms with Crippen molar-refractivity contribution in [1.29, 1.82) is 0 Å². The molecule has 0 aliphatic rings. The molecule has 1 rings (SSSR count). The van der Waals surface area contributed by atoms with Gasteiger partial charge in [0.15, 0.2) is 0 Å². The second-order valence-corrected chi connectivity index (χ2v) is 8.29. The molecule has 19 heavy (non-hydrogen) atoms. The third-order valence-electron chi connectivity index (χ3n) is 3.57. The number of nitrogens with one attached hydrogen (secondary N) is 1. The summed E-state index contributed by atoms with van der Waals surface area (Å²) in [6.07, 6.45) is 6.57. The van der Waals surface area contributed by atoms with E-state index < -0.39 is 0 Å². The van der Waals surface area contributed by atoms with Gasteiger partial charge in [-0.3, -0.25) is 0 Å². The SMILES string of the molecule is CCCCC(CC)CC(NCC)c1cc(Br)c(Br)s1. The number of thiophene rings is 1. The van der Waals surface area contributed by atoms with Crippen molar-refractivity contribution in [1.82, 2.24) is 5.32 Å². The molecule has 0 spiro atoms. The lowest BCUT2D eigenvalue weighted by Gasteiger charge is -2.22. The minimum absolute atomic E-state index is 0.499. The van der Waals surface area contributed by atoms with Crippen molar-refractivity contribution in [2.45, 2.75) is 58.9 Å². The summed E-state index contributed by atoms with van der Waals surface area (Å²) in [6, 6.07) is 2.76. The molecule has 1 aromatic heterocycles. The van der Waals surface area contributed by atoms with Crippen molar-refractivity contribution in [3.8, 4) is 0 Å². The third-order valence-corrected chi connectivity index (χ3v) is 6.94. The Morgan fingerprint density at radius 3 is 2.47 bits per heavy atom. The van der Waals surface area contributed by atoms with Crippen molar-refractivity contribution in [3.63, 3.8) is 0 Å². The first-order valence-electron chi connectivity index (χ1n) is 7.30. The van der Waals surface area contributed by atoms with Crippen molar-refractivity contribution in [2.24, 2.45) is 5.92 Å². The summed E-state index contributed by atoms with van der Waals surface area (Å²) in [6.45, 7) is 7.82. The van der Waals surface area contributed by atoms with Gasteiger partial charge in [-0.05, 0) is 56.8 Å². The normalized spacial score (nSPS) is 14.6. The van der Waals surface area contributed by atoms with Gasteiger partial charge in [0.2, 0.25) is 0 Å². The fourth-order valence-electron chi connectivity index (χ4n) is 2.40. The van der Waals surface area contributed by atoms with Gasteiger partial charge < -0.3 is 5.32 Å². The average Bonchev–Trinajstić information content (AvgIpc) is 2.73. The molecule has 1 aromatic rings. The molecule has 0 saturated carbocycles. The maximum Gasteiger partial charge on any atom is 0.0843 e. The summed E-state index contributed by atoms with van der Waals surface area (Å²) in [5.41, 5.74) is 0. The van der Waals surface area contributed by atoms with E-state index in [0.29, 0.717) is 6.04 Å². The summed E-state index contributed by atoms with van der Waals surface area (Å²) < 4.78 is 2.38. The highest BCUT2D eigenvalue weighted by Gasteiger charge is 2.19. The van der Waals surface area contributed by atoms with Gasteiger partial charge in [-0.1, -0.05) is 46.5 Å². The van der Waals surface area contributed by atoms with Crippen LogP contribution in [0.15, 0.2) is 14.3 Å². The van der Waals surface area contributed by atoms with Crippen LogP contribution in [-0.4, -0.2) is 6.54 Å². The minimum Gasteiger partial charge on any atom is -0.310 e. The molecule has 1 heterocycles. The zero-order valence-corrected chi connectivity index (χ0v) is 16.1. The second kappa shape index (κ2) is 9.54. The summed E-state index contributed by atoms with van der Waals surface area (Å²) in [5.74, 6) is 0.837. The maximum absolute atomic E-state index is 3.65. The van der Waals surface area contributed by atoms with Crippen molar-refractivity contribution in [3.05, 3.63) is 19.2 Å². The van der Waals surface area contributed by atoms with E-state index in [2.05, 4.69) is 64.0 Å². The van der Waals surface area contributed by atoms with Crippen LogP contribution in [0.5, 0.6) is 0 Å². The maximum atomic E-state index is 3.65. The van der Waals surface area contributed by atoms with Crippen LogP contribution in [-0.2, 0) is 0 Å². The smallest absolute Gasteiger partial charge is 0.0843 e. The van der Waals surface area contributed by atoms with Crippen LogP contribution in [0.25, 0.3) is 0 Å². The Kier molecular flexibility index (Phi) is 8.87. The summed E-state index contributed by atoms with van der Waals surface area (Å²) >= 11 is 9.05. The first-order chi connectivity index (χ1) is 9.12. The summed E-state index contributed by atoms with van der Waals surface area (Å²) in [7, 11) is 0. The molecular formula is C15H25Br2NS. The lowest BCUT2D eigenvalue weighted by atomic mass is 9.91. The lowest BCUT2D eigenvalue weighted by molar-refractivity contribution is 0.359. The quantitative estimate of drug-likeness (QED) is 0.487. The molecule has 4 heteroatoms. The van der Waals surface area contributed by atoms with E-state index in [1.54, 1.807) is 0 Å². The fourth-order valence-corrected chi connectivity index (χ4v) is 4.57. The molecule has 2 atom stereocenters. The molecule has 1 nitrogen and oxygen atoms in total. The van der Waals surface area contributed by atoms with E-state index in [4.69, 9.17) is 0 Å². The van der Waals surface area contributed by atoms with Gasteiger partial charge >= 0.3 is 0 Å². The van der Waals surface area contributed by atoms with Crippen LogP contribution in [0.2, 0.25) is 0 Å². The number of rotatable bonds is 9. The highest BCUT2D eigenvalue weighted by Crippen LogP contribution is 2.38. The van der Waals surface area contributed by atoms with Gasteiger partial charge in [-0.15, -0.1) is 11.3 Å². The summed E-state index contributed by atoms with van der Waals surface area (Å²) in [4.78, 5) is 1.44. The molecule has 0 aliphatic carbocycles. The standard InChI is InChI=1S/C15H25Br2NS/c1-4-7-8-11(5-2)9-13(18-6-3)14-10-12(16)15(17)19-14/h10-11,13,18H,4-9H2,1-3H3. The van der Waals surface area contributed by atoms with Gasteiger partial charge in [-0.2, -0.15) is 0 Å². The van der Waals surface area contributed by atoms with E-state index in [1.165, 1.54) is 45.2 Å². The molecule has 0 saturated heterocycles. The van der Waals surface area contributed by atoms with Crippen LogP contribution < -0.4 is 5.32 Å². The average molecular weight is 411 g/mol. The molecular weight excluding hydrogens is 386 g/mol. The molecule has 0 bridgehead atoms. The first-order valence-corrected chi connectivity index (χ1v) is 9.70. The van der Waals surface area contributed by atoms with Gasteiger partial charge in [0.05, 0.1) is 3.79 Å². The Morgan fingerprint density at radius 2 is 2.00 bits per heavy atom. The van der Waals surface area contributed by atoms with E-state index >= 15 is 0 Å². The van der Waals surface area contributed by atoms with Crippen LogP contribution in [0.3, 0.4) is 0 Å². The van der Waals surface area contributed by atoms with Crippen molar-refractivity contribution in [2.75, 3.05) is 6.54 Å². The van der Waals surface area contributed by atoms with Crippen molar-refractivity contribution >= 4 is 43.2 Å². The van der Waals surface area contributed by atoms with Crippen LogP contribution in [0, 0.1) is 5.92 Å². The van der Waals surface area contributed by atoms with Crippen LogP contribution in [0.4, 0.5) is 0 Å². The van der Waals surface area contributed by atoms with Gasteiger partial charge in [0, 0.05) is 15.4 Å². The van der Waals surface area contributed by atoms with Crippen molar-refractivity contribution < 1.29 is 0 Å². The highest BCUT2D eigenvalue weighted by atomic mass is 79.9. The Labute approximate surface area is 138 Å². The van der Waals surface area contributed by atoms with Gasteiger partial charge in [-0.25, -0.2) is 0 Å². The predicted octanol–water partition coefficient (Wildman–Crippen LogP) is 6.53. The zero-order chi connectivity index (χ0) is 14.3. The van der Waals surface area contributed by atoms with Gasteiger partial charge in [0.1, 0.15) is 0 Å². The Balaban J connectivity index is 2.70. The third kappa shape index (κ3) is 5.86. The molecule has 110 valence electrons. The number of hydrogen-bond acceptors (Lipinski definition) is 2. The monoisotopic (exact) mass is 409 g/mol. The Morgan fingerprint density at radius 1 is 1.26 bits per heavy atom. The van der Waals surface area contributed by atoms with E-state index in [1.807, 2.05) is 11.3 Å². The molecule has 0 aromatic carbocycles. The molecule has 0 amide bonds.